The number of amides is 1. The van der Waals surface area contributed by atoms with Gasteiger partial charge >= 0.3 is 0 Å². The number of aryl methyl sites for hydroxylation is 1. The molecule has 3 heterocycles. The van der Waals surface area contributed by atoms with E-state index in [0.717, 1.165) is 18.1 Å². The quantitative estimate of drug-likeness (QED) is 0.821. The number of hydrogen-bond acceptors (Lipinski definition) is 5. The summed E-state index contributed by atoms with van der Waals surface area (Å²) in [5.74, 6) is 1.22. The maximum atomic E-state index is 13.2. The number of hydrogen-bond donors (Lipinski definition) is 0. The van der Waals surface area contributed by atoms with E-state index >= 15 is 0 Å². The van der Waals surface area contributed by atoms with Crippen molar-refractivity contribution in [3.63, 3.8) is 0 Å². The zero-order valence-electron chi connectivity index (χ0n) is 15.5. The van der Waals surface area contributed by atoms with Crippen LogP contribution in [-0.2, 0) is 18.3 Å². The minimum atomic E-state index is -0.141. The highest BCUT2D eigenvalue weighted by atomic mass is 16.5. The molecule has 8 nitrogen and oxygen atoms in total. The molecule has 0 N–H and O–H groups in total. The molecule has 2 aromatic heterocycles. The summed E-state index contributed by atoms with van der Waals surface area (Å²) in [4.78, 5) is 15.0. The lowest BCUT2D eigenvalue weighted by atomic mass is 10.1. The molecule has 0 radical (unpaired) electrons. The number of ether oxygens (including phenoxy) is 1. The molecule has 0 saturated carbocycles. The summed E-state index contributed by atoms with van der Waals surface area (Å²) < 4.78 is 9.27. The average Bonchev–Trinajstić information content (AvgIpc) is 3.26. The third-order valence-electron chi connectivity index (χ3n) is 4.77. The highest BCUT2D eigenvalue weighted by Crippen LogP contribution is 2.33. The highest BCUT2D eigenvalue weighted by Gasteiger charge is 2.39. The number of carbonyl (C=O) groups excluding carboxylic acids is 1. The molecule has 0 aliphatic carbocycles. The predicted molar refractivity (Wildman–Crippen MR) is 92.0 cm³/mol. The van der Waals surface area contributed by atoms with Crippen LogP contribution in [-0.4, -0.2) is 55.1 Å². The van der Waals surface area contributed by atoms with Crippen LogP contribution in [0.25, 0.3) is 0 Å². The molecule has 0 bridgehead atoms. The van der Waals surface area contributed by atoms with E-state index in [4.69, 9.17) is 4.74 Å². The summed E-state index contributed by atoms with van der Waals surface area (Å²) in [7, 11) is 3.57. The summed E-state index contributed by atoms with van der Waals surface area (Å²) in [5.41, 5.74) is 1.54. The van der Waals surface area contributed by atoms with Crippen LogP contribution >= 0.6 is 0 Å². The first kappa shape index (κ1) is 17.6. The second-order valence-electron chi connectivity index (χ2n) is 7.09. The smallest absolute Gasteiger partial charge is 0.258 e. The summed E-state index contributed by atoms with van der Waals surface area (Å²) in [6.45, 7) is 7.56. The molecule has 1 aliphatic heterocycles. The topological polar surface area (TPSA) is 78.1 Å². The lowest BCUT2D eigenvalue weighted by molar-refractivity contribution is 0.0682. The summed E-state index contributed by atoms with van der Waals surface area (Å²) >= 11 is 0. The average molecular weight is 346 g/mol. The number of rotatable bonds is 5. The van der Waals surface area contributed by atoms with Crippen molar-refractivity contribution in [1.29, 1.82) is 0 Å². The van der Waals surface area contributed by atoms with Crippen LogP contribution < -0.4 is 0 Å². The van der Waals surface area contributed by atoms with Gasteiger partial charge in [-0.15, -0.1) is 10.2 Å². The number of nitrogens with zero attached hydrogens (tertiary/aromatic N) is 6. The number of aromatic nitrogens is 5. The van der Waals surface area contributed by atoms with E-state index in [1.165, 1.54) is 0 Å². The first-order valence-corrected chi connectivity index (χ1v) is 8.62. The van der Waals surface area contributed by atoms with Gasteiger partial charge in [-0.2, -0.15) is 5.10 Å². The van der Waals surface area contributed by atoms with Gasteiger partial charge in [-0.05, 0) is 12.8 Å². The Morgan fingerprint density at radius 3 is 2.80 bits per heavy atom. The van der Waals surface area contributed by atoms with Crippen molar-refractivity contribution in [1.82, 2.24) is 29.4 Å². The molecular formula is C17H26N6O2. The molecule has 2 atom stereocenters. The van der Waals surface area contributed by atoms with Crippen LogP contribution in [0.3, 0.4) is 0 Å². The zero-order valence-corrected chi connectivity index (χ0v) is 15.5. The van der Waals surface area contributed by atoms with Gasteiger partial charge < -0.3 is 14.2 Å². The first-order valence-electron chi connectivity index (χ1n) is 8.62. The molecule has 1 saturated heterocycles. The zero-order chi connectivity index (χ0) is 18.1. The molecule has 136 valence electrons. The largest absolute Gasteiger partial charge is 0.380 e. The SMILES string of the molecule is CO[C@@H]1C[C@@H](c2nncn2C)N(C(=O)c2cnn(CC(C)C)c2C)C1. The molecule has 1 aliphatic rings. The van der Waals surface area contributed by atoms with Crippen molar-refractivity contribution in [2.45, 2.75) is 45.9 Å². The van der Waals surface area contributed by atoms with Gasteiger partial charge in [0.25, 0.3) is 5.91 Å². The summed E-state index contributed by atoms with van der Waals surface area (Å²) in [6.07, 6.45) is 4.04. The summed E-state index contributed by atoms with van der Waals surface area (Å²) in [6, 6.07) is -0.141. The van der Waals surface area contributed by atoms with E-state index in [9.17, 15) is 4.79 Å². The van der Waals surface area contributed by atoms with E-state index in [1.807, 2.05) is 28.1 Å². The Bertz CT molecular complexity index is 750. The van der Waals surface area contributed by atoms with Crippen molar-refractivity contribution in [3.8, 4) is 0 Å². The van der Waals surface area contributed by atoms with Crippen molar-refractivity contribution in [3.05, 3.63) is 29.6 Å². The second-order valence-corrected chi connectivity index (χ2v) is 7.09. The number of likely N-dealkylation sites (tertiary alicyclic amines) is 1. The Balaban J connectivity index is 1.89. The van der Waals surface area contributed by atoms with Crippen molar-refractivity contribution in [2.75, 3.05) is 13.7 Å². The Morgan fingerprint density at radius 2 is 2.20 bits per heavy atom. The predicted octanol–water partition coefficient (Wildman–Crippen LogP) is 1.58. The monoisotopic (exact) mass is 346 g/mol. The highest BCUT2D eigenvalue weighted by molar-refractivity contribution is 5.95. The Kier molecular flexibility index (Phi) is 4.89. The molecule has 1 amide bonds. The van der Waals surface area contributed by atoms with Gasteiger partial charge in [0.15, 0.2) is 5.82 Å². The molecular weight excluding hydrogens is 320 g/mol. The van der Waals surface area contributed by atoms with Crippen LogP contribution in [0.15, 0.2) is 12.5 Å². The minimum Gasteiger partial charge on any atom is -0.380 e. The van der Waals surface area contributed by atoms with Crippen molar-refractivity contribution in [2.24, 2.45) is 13.0 Å². The standard InChI is InChI=1S/C17H26N6O2/c1-11(2)8-23-12(3)14(7-19-23)17(24)22-9-13(25-5)6-15(22)16-20-18-10-21(16)4/h7,10-11,13,15H,6,8-9H2,1-5H3/t13-,15+/m1/s1. The Hall–Kier alpha value is -2.22. The van der Waals surface area contributed by atoms with Gasteiger partial charge in [0.1, 0.15) is 6.33 Å². The Morgan fingerprint density at radius 1 is 1.44 bits per heavy atom. The van der Waals surface area contributed by atoms with Crippen LogP contribution in [0.1, 0.15) is 48.2 Å². The molecule has 8 heteroatoms. The first-order chi connectivity index (χ1) is 11.9. The second kappa shape index (κ2) is 6.95. The van der Waals surface area contributed by atoms with Gasteiger partial charge in [0.2, 0.25) is 0 Å². The van der Waals surface area contributed by atoms with E-state index in [-0.39, 0.29) is 18.1 Å². The van der Waals surface area contributed by atoms with Gasteiger partial charge in [-0.25, -0.2) is 0 Å². The fourth-order valence-electron chi connectivity index (χ4n) is 3.37. The minimum absolute atomic E-state index is 0.00309. The molecule has 0 aromatic carbocycles. The van der Waals surface area contributed by atoms with Crippen molar-refractivity contribution >= 4 is 5.91 Å². The maximum Gasteiger partial charge on any atom is 0.258 e. The lowest BCUT2D eigenvalue weighted by Gasteiger charge is -2.23. The van der Waals surface area contributed by atoms with E-state index in [0.29, 0.717) is 24.4 Å². The molecule has 0 unspecified atom stereocenters. The van der Waals surface area contributed by atoms with Crippen LogP contribution in [0, 0.1) is 12.8 Å². The third-order valence-corrected chi connectivity index (χ3v) is 4.77. The van der Waals surface area contributed by atoms with E-state index in [2.05, 4.69) is 29.1 Å². The molecule has 2 aromatic rings. The number of methoxy groups -OCH3 is 1. The number of carbonyl (C=O) groups is 1. The molecule has 0 spiro atoms. The molecule has 3 rings (SSSR count). The Labute approximate surface area is 147 Å². The van der Waals surface area contributed by atoms with Crippen molar-refractivity contribution < 1.29 is 9.53 Å². The molecule has 1 fully saturated rings. The fraction of sp³-hybridized carbons (Fsp3) is 0.647. The van der Waals surface area contributed by atoms with E-state index < -0.39 is 0 Å². The van der Waals surface area contributed by atoms with E-state index in [1.54, 1.807) is 19.6 Å². The normalized spacial score (nSPS) is 20.6. The van der Waals surface area contributed by atoms with Gasteiger partial charge in [0.05, 0.1) is 23.9 Å². The van der Waals surface area contributed by atoms with Crippen LogP contribution in [0.5, 0.6) is 0 Å². The molecule has 25 heavy (non-hydrogen) atoms. The van der Waals surface area contributed by atoms with Gasteiger partial charge in [-0.3, -0.25) is 9.48 Å². The van der Waals surface area contributed by atoms with Gasteiger partial charge in [0, 0.05) is 39.4 Å². The van der Waals surface area contributed by atoms with Gasteiger partial charge in [-0.1, -0.05) is 13.8 Å². The van der Waals surface area contributed by atoms with Crippen LogP contribution in [0.2, 0.25) is 0 Å². The third kappa shape index (κ3) is 3.30. The maximum absolute atomic E-state index is 13.2. The fourth-order valence-corrected chi connectivity index (χ4v) is 3.37. The summed E-state index contributed by atoms with van der Waals surface area (Å²) in [5, 5.41) is 12.6. The lowest BCUT2D eigenvalue weighted by Crippen LogP contribution is -2.33. The van der Waals surface area contributed by atoms with Crippen LogP contribution in [0.4, 0.5) is 0 Å².